The summed E-state index contributed by atoms with van der Waals surface area (Å²) in [6.45, 7) is 5.80. The van der Waals surface area contributed by atoms with Gasteiger partial charge in [0.05, 0.1) is 11.7 Å². The van der Waals surface area contributed by atoms with Gasteiger partial charge in [-0.1, -0.05) is 17.3 Å². The Hall–Kier alpha value is -2.70. The van der Waals surface area contributed by atoms with E-state index in [4.69, 9.17) is 4.52 Å². The molecule has 3 aromatic rings. The van der Waals surface area contributed by atoms with Crippen LogP contribution >= 0.6 is 0 Å². The number of rotatable bonds is 4. The van der Waals surface area contributed by atoms with Crippen molar-refractivity contribution in [2.75, 3.05) is 0 Å². The third-order valence-electron chi connectivity index (χ3n) is 5.27. The van der Waals surface area contributed by atoms with Crippen LogP contribution in [0.15, 0.2) is 28.9 Å². The molecule has 0 radical (unpaired) electrons. The van der Waals surface area contributed by atoms with E-state index in [0.29, 0.717) is 11.7 Å². The fourth-order valence-corrected chi connectivity index (χ4v) is 3.88. The van der Waals surface area contributed by atoms with Gasteiger partial charge >= 0.3 is 0 Å². The minimum Gasteiger partial charge on any atom is -0.354 e. The third-order valence-corrected chi connectivity index (χ3v) is 5.27. The second kappa shape index (κ2) is 7.13. The van der Waals surface area contributed by atoms with Gasteiger partial charge in [-0.3, -0.25) is 9.48 Å². The highest BCUT2D eigenvalue weighted by molar-refractivity contribution is 5.83. The summed E-state index contributed by atoms with van der Waals surface area (Å²) in [6.07, 6.45) is 5.68. The number of hydrogen-bond donors (Lipinski definition) is 1. The van der Waals surface area contributed by atoms with Crippen LogP contribution in [0.3, 0.4) is 0 Å². The molecule has 0 spiro atoms. The molecule has 0 unspecified atom stereocenters. The molecule has 0 bridgehead atoms. The molecule has 0 atom stereocenters. The normalized spacial score (nSPS) is 20.3. The number of hydrogen-bond acceptors (Lipinski definition) is 5. The average Bonchev–Trinajstić information content (AvgIpc) is 3.28. The lowest BCUT2D eigenvalue weighted by molar-refractivity contribution is -0.119. The molecule has 27 heavy (non-hydrogen) atoms. The number of carbonyl (C=O) groups is 1. The highest BCUT2D eigenvalue weighted by Gasteiger charge is 2.27. The molecule has 0 saturated heterocycles. The van der Waals surface area contributed by atoms with Gasteiger partial charge in [-0.25, -0.2) is 0 Å². The fraction of sp³-hybridized carbons (Fsp3) is 0.500. The summed E-state index contributed by atoms with van der Waals surface area (Å²) in [5, 5.41) is 12.8. The van der Waals surface area contributed by atoms with E-state index in [9.17, 15) is 4.79 Å². The van der Waals surface area contributed by atoms with Crippen LogP contribution in [0.2, 0.25) is 0 Å². The lowest BCUT2D eigenvalue weighted by Gasteiger charge is -2.26. The number of benzene rings is 1. The third kappa shape index (κ3) is 3.59. The lowest BCUT2D eigenvalue weighted by atomic mass is 9.86. The molecule has 0 aliphatic heterocycles. The van der Waals surface area contributed by atoms with Gasteiger partial charge in [0, 0.05) is 35.9 Å². The van der Waals surface area contributed by atoms with Gasteiger partial charge in [-0.05, 0) is 45.6 Å². The van der Waals surface area contributed by atoms with Gasteiger partial charge in [-0.2, -0.15) is 10.1 Å². The maximum atomic E-state index is 11.2. The Bertz CT molecular complexity index is 950. The second-order valence-corrected chi connectivity index (χ2v) is 7.66. The van der Waals surface area contributed by atoms with Crippen LogP contribution in [0.25, 0.3) is 22.3 Å². The Labute approximate surface area is 158 Å². The van der Waals surface area contributed by atoms with Crippen molar-refractivity contribution in [3.05, 3.63) is 30.3 Å². The number of fused-ring (bicyclic) bond motifs is 1. The molecule has 7 heteroatoms. The van der Waals surface area contributed by atoms with E-state index in [-0.39, 0.29) is 23.9 Å². The molecule has 4 rings (SSSR count). The Balaban J connectivity index is 1.52. The summed E-state index contributed by atoms with van der Waals surface area (Å²) in [4.78, 5) is 15.9. The smallest absolute Gasteiger partial charge is 0.230 e. The summed E-state index contributed by atoms with van der Waals surface area (Å²) in [5.41, 5.74) is 2.01. The number of nitrogens with zero attached hydrogens (tertiary/aromatic N) is 4. The number of aromatic nitrogens is 4. The van der Waals surface area contributed by atoms with Crippen molar-refractivity contribution in [1.82, 2.24) is 25.2 Å². The number of nitrogens with one attached hydrogen (secondary N) is 1. The predicted molar refractivity (Wildman–Crippen MR) is 102 cm³/mol. The predicted octanol–water partition coefficient (Wildman–Crippen LogP) is 3.83. The maximum absolute atomic E-state index is 11.2. The molecule has 1 aliphatic carbocycles. The molecule has 1 fully saturated rings. The van der Waals surface area contributed by atoms with E-state index >= 15 is 0 Å². The minimum atomic E-state index is 0.0366. The zero-order valence-corrected chi connectivity index (χ0v) is 16.0. The first-order valence-electron chi connectivity index (χ1n) is 9.59. The zero-order valence-electron chi connectivity index (χ0n) is 16.0. The molecule has 1 N–H and O–H groups in total. The van der Waals surface area contributed by atoms with Crippen molar-refractivity contribution in [2.45, 2.75) is 64.5 Å². The highest BCUT2D eigenvalue weighted by atomic mass is 16.5. The molecule has 2 heterocycles. The highest BCUT2D eigenvalue weighted by Crippen LogP contribution is 2.33. The SMILES string of the molecule is CC(=O)N[C@H]1CC[C@@H](c2nc(-c3ccc4cnn(C(C)C)c4c3)no2)CC1. The van der Waals surface area contributed by atoms with Gasteiger partial charge in [0.15, 0.2) is 0 Å². The van der Waals surface area contributed by atoms with Gasteiger partial charge in [0.1, 0.15) is 0 Å². The van der Waals surface area contributed by atoms with Gasteiger partial charge in [0.25, 0.3) is 0 Å². The summed E-state index contributed by atoms with van der Waals surface area (Å²) in [7, 11) is 0. The van der Waals surface area contributed by atoms with Gasteiger partial charge in [0.2, 0.25) is 17.6 Å². The van der Waals surface area contributed by atoms with E-state index < -0.39 is 0 Å². The average molecular weight is 367 g/mol. The fourth-order valence-electron chi connectivity index (χ4n) is 3.88. The van der Waals surface area contributed by atoms with Gasteiger partial charge in [-0.15, -0.1) is 0 Å². The first kappa shape index (κ1) is 17.7. The summed E-state index contributed by atoms with van der Waals surface area (Å²) in [5.74, 6) is 1.62. The van der Waals surface area contributed by atoms with Crippen molar-refractivity contribution in [3.8, 4) is 11.4 Å². The molecular weight excluding hydrogens is 342 g/mol. The molecular formula is C20H25N5O2. The number of carbonyl (C=O) groups excluding carboxylic acids is 1. The summed E-state index contributed by atoms with van der Waals surface area (Å²) >= 11 is 0. The first-order chi connectivity index (χ1) is 13.0. The van der Waals surface area contributed by atoms with Crippen LogP contribution in [0, 0.1) is 0 Å². The van der Waals surface area contributed by atoms with E-state index in [2.05, 4.69) is 40.5 Å². The number of amides is 1. The van der Waals surface area contributed by atoms with Crippen molar-refractivity contribution in [3.63, 3.8) is 0 Å². The van der Waals surface area contributed by atoms with Crippen molar-refractivity contribution in [1.29, 1.82) is 0 Å². The quantitative estimate of drug-likeness (QED) is 0.757. The molecule has 7 nitrogen and oxygen atoms in total. The van der Waals surface area contributed by atoms with Crippen LogP contribution < -0.4 is 5.32 Å². The minimum absolute atomic E-state index is 0.0366. The van der Waals surface area contributed by atoms with Crippen molar-refractivity contribution >= 4 is 16.8 Å². The Morgan fingerprint density at radius 3 is 2.74 bits per heavy atom. The Morgan fingerprint density at radius 2 is 2.04 bits per heavy atom. The van der Waals surface area contributed by atoms with Crippen molar-refractivity contribution in [2.24, 2.45) is 0 Å². The molecule has 1 aliphatic rings. The van der Waals surface area contributed by atoms with E-state index in [1.807, 2.05) is 23.0 Å². The van der Waals surface area contributed by atoms with Gasteiger partial charge < -0.3 is 9.84 Å². The standard InChI is InChI=1S/C20H25N5O2/c1-12(2)25-18-10-15(4-5-16(18)11-21-25)19-23-20(27-24-19)14-6-8-17(9-7-14)22-13(3)26/h4-5,10-12,14,17H,6-9H2,1-3H3,(H,22,26)/t14-,17+. The summed E-state index contributed by atoms with van der Waals surface area (Å²) in [6, 6.07) is 6.68. The Kier molecular flexibility index (Phi) is 4.68. The second-order valence-electron chi connectivity index (χ2n) is 7.66. The molecule has 1 aromatic carbocycles. The van der Waals surface area contributed by atoms with Crippen LogP contribution in [-0.4, -0.2) is 31.9 Å². The topological polar surface area (TPSA) is 85.8 Å². The van der Waals surface area contributed by atoms with Crippen LogP contribution in [0.5, 0.6) is 0 Å². The Morgan fingerprint density at radius 1 is 1.26 bits per heavy atom. The van der Waals surface area contributed by atoms with Crippen molar-refractivity contribution < 1.29 is 9.32 Å². The monoisotopic (exact) mass is 367 g/mol. The molecule has 1 amide bonds. The van der Waals surface area contributed by atoms with E-state index in [1.54, 1.807) is 6.92 Å². The largest absolute Gasteiger partial charge is 0.354 e. The van der Waals surface area contributed by atoms with Crippen LogP contribution in [-0.2, 0) is 4.79 Å². The molecule has 2 aromatic heterocycles. The van der Waals surface area contributed by atoms with E-state index in [0.717, 1.165) is 42.1 Å². The van der Waals surface area contributed by atoms with E-state index in [1.165, 1.54) is 0 Å². The van der Waals surface area contributed by atoms with Crippen LogP contribution in [0.4, 0.5) is 0 Å². The summed E-state index contributed by atoms with van der Waals surface area (Å²) < 4.78 is 7.58. The first-order valence-corrected chi connectivity index (χ1v) is 9.59. The molecule has 1 saturated carbocycles. The zero-order chi connectivity index (χ0) is 19.0. The maximum Gasteiger partial charge on any atom is 0.230 e. The molecule has 142 valence electrons. The van der Waals surface area contributed by atoms with Crippen LogP contribution in [0.1, 0.15) is 64.3 Å². The lowest BCUT2D eigenvalue weighted by Crippen LogP contribution is -2.35.